The van der Waals surface area contributed by atoms with E-state index in [1.54, 1.807) is 17.0 Å². The Balaban J connectivity index is 1.76. The number of anilines is 2. The van der Waals surface area contributed by atoms with E-state index in [4.69, 9.17) is 11.6 Å². The maximum Gasteiger partial charge on any atom is 0.229 e. The van der Waals surface area contributed by atoms with Gasteiger partial charge in [-0.15, -0.1) is 0 Å². The van der Waals surface area contributed by atoms with Crippen molar-refractivity contribution >= 4 is 34.8 Å². The fraction of sp³-hybridized carbons (Fsp3) is 0.300. The number of para-hydroxylation sites is 1. The molecule has 3 rings (SSSR count). The second kappa shape index (κ2) is 7.28. The molecular formula is C20H21ClN2O2. The summed E-state index contributed by atoms with van der Waals surface area (Å²) in [4.78, 5) is 26.8. The lowest BCUT2D eigenvalue weighted by molar-refractivity contribution is -0.122. The lowest BCUT2D eigenvalue weighted by Crippen LogP contribution is -2.28. The summed E-state index contributed by atoms with van der Waals surface area (Å²) in [7, 11) is 0. The number of rotatable bonds is 4. The fourth-order valence-corrected chi connectivity index (χ4v) is 3.32. The first-order valence-electron chi connectivity index (χ1n) is 8.45. The molecule has 4 nitrogen and oxygen atoms in total. The summed E-state index contributed by atoms with van der Waals surface area (Å²) in [6.45, 7) is 4.38. The van der Waals surface area contributed by atoms with Crippen LogP contribution in [0.2, 0.25) is 5.02 Å². The van der Waals surface area contributed by atoms with Gasteiger partial charge in [0.2, 0.25) is 11.8 Å². The molecule has 1 aliphatic heterocycles. The fourth-order valence-electron chi connectivity index (χ4n) is 3.15. The van der Waals surface area contributed by atoms with Gasteiger partial charge in [0.05, 0.1) is 5.92 Å². The minimum Gasteiger partial charge on any atom is -0.325 e. The number of nitrogens with one attached hydrogen (secondary N) is 1. The summed E-state index contributed by atoms with van der Waals surface area (Å²) in [5.41, 5.74) is 3.65. The van der Waals surface area contributed by atoms with Crippen LogP contribution in [0.5, 0.6) is 0 Å². The van der Waals surface area contributed by atoms with E-state index >= 15 is 0 Å². The van der Waals surface area contributed by atoms with E-state index < -0.39 is 0 Å². The van der Waals surface area contributed by atoms with E-state index in [1.807, 2.05) is 37.3 Å². The predicted octanol–water partition coefficient (Wildman–Crippen LogP) is 4.20. The topological polar surface area (TPSA) is 49.4 Å². The Morgan fingerprint density at radius 1 is 1.28 bits per heavy atom. The molecule has 1 heterocycles. The Morgan fingerprint density at radius 2 is 2.04 bits per heavy atom. The largest absolute Gasteiger partial charge is 0.325 e. The molecule has 1 atom stereocenters. The average Bonchev–Trinajstić information content (AvgIpc) is 3.00. The molecule has 25 heavy (non-hydrogen) atoms. The summed E-state index contributed by atoms with van der Waals surface area (Å²) in [5.74, 6) is -0.519. The SMILES string of the molecule is CCc1ccccc1N1CC(C(=O)Nc2cc(Cl)ccc2C)CC1=O. The molecule has 0 spiro atoms. The number of benzene rings is 2. The average molecular weight is 357 g/mol. The Morgan fingerprint density at radius 3 is 2.80 bits per heavy atom. The molecule has 1 unspecified atom stereocenters. The molecule has 5 heteroatoms. The van der Waals surface area contributed by atoms with Crippen molar-refractivity contribution in [1.82, 2.24) is 0 Å². The highest BCUT2D eigenvalue weighted by Crippen LogP contribution is 2.29. The highest BCUT2D eigenvalue weighted by atomic mass is 35.5. The number of hydrogen-bond acceptors (Lipinski definition) is 2. The molecule has 1 fully saturated rings. The van der Waals surface area contributed by atoms with Crippen LogP contribution in [-0.4, -0.2) is 18.4 Å². The number of nitrogens with zero attached hydrogens (tertiary/aromatic N) is 1. The summed E-state index contributed by atoms with van der Waals surface area (Å²) in [5, 5.41) is 3.48. The van der Waals surface area contributed by atoms with Crippen LogP contribution < -0.4 is 10.2 Å². The highest BCUT2D eigenvalue weighted by Gasteiger charge is 2.35. The van der Waals surface area contributed by atoms with E-state index in [2.05, 4.69) is 12.2 Å². The van der Waals surface area contributed by atoms with Crippen molar-refractivity contribution in [2.24, 2.45) is 5.92 Å². The van der Waals surface area contributed by atoms with Gasteiger partial charge in [-0.25, -0.2) is 0 Å². The number of aryl methyl sites for hydroxylation is 2. The normalized spacial score (nSPS) is 17.0. The molecule has 1 aliphatic rings. The summed E-state index contributed by atoms with van der Waals surface area (Å²) in [6, 6.07) is 13.2. The zero-order valence-corrected chi connectivity index (χ0v) is 15.1. The summed E-state index contributed by atoms with van der Waals surface area (Å²) in [6.07, 6.45) is 1.07. The van der Waals surface area contributed by atoms with Crippen LogP contribution in [0, 0.1) is 12.8 Å². The van der Waals surface area contributed by atoms with Crippen molar-refractivity contribution in [3.8, 4) is 0 Å². The standard InChI is InChI=1S/C20H21ClN2O2/c1-3-14-6-4-5-7-18(14)23-12-15(10-19(23)24)20(25)22-17-11-16(21)9-8-13(17)2/h4-9,11,15H,3,10,12H2,1-2H3,(H,22,25). The first-order chi connectivity index (χ1) is 12.0. The first-order valence-corrected chi connectivity index (χ1v) is 8.82. The van der Waals surface area contributed by atoms with Crippen LogP contribution >= 0.6 is 11.6 Å². The molecule has 0 aliphatic carbocycles. The van der Waals surface area contributed by atoms with Crippen molar-refractivity contribution in [3.63, 3.8) is 0 Å². The quantitative estimate of drug-likeness (QED) is 0.892. The van der Waals surface area contributed by atoms with E-state index in [-0.39, 0.29) is 24.2 Å². The van der Waals surface area contributed by atoms with Gasteiger partial charge in [-0.1, -0.05) is 42.8 Å². The van der Waals surface area contributed by atoms with Crippen LogP contribution in [0.15, 0.2) is 42.5 Å². The minimum absolute atomic E-state index is 0.0103. The zero-order chi connectivity index (χ0) is 18.0. The molecule has 0 aromatic heterocycles. The van der Waals surface area contributed by atoms with Gasteiger partial charge in [-0.05, 0) is 42.7 Å². The molecule has 1 saturated heterocycles. The van der Waals surface area contributed by atoms with Gasteiger partial charge in [0.15, 0.2) is 0 Å². The third kappa shape index (κ3) is 3.69. The van der Waals surface area contributed by atoms with Gasteiger partial charge >= 0.3 is 0 Å². The van der Waals surface area contributed by atoms with Crippen LogP contribution in [0.4, 0.5) is 11.4 Å². The van der Waals surface area contributed by atoms with Crippen LogP contribution in [0.25, 0.3) is 0 Å². The molecule has 0 saturated carbocycles. The monoisotopic (exact) mass is 356 g/mol. The van der Waals surface area contributed by atoms with Crippen LogP contribution in [0.3, 0.4) is 0 Å². The second-order valence-corrected chi connectivity index (χ2v) is 6.77. The van der Waals surface area contributed by atoms with Crippen molar-refractivity contribution < 1.29 is 9.59 Å². The smallest absolute Gasteiger partial charge is 0.229 e. The lowest BCUT2D eigenvalue weighted by atomic mass is 10.1. The molecule has 0 radical (unpaired) electrons. The van der Waals surface area contributed by atoms with Crippen molar-refractivity contribution in [2.75, 3.05) is 16.8 Å². The number of carbonyl (C=O) groups is 2. The zero-order valence-electron chi connectivity index (χ0n) is 14.4. The Labute approximate surface area is 152 Å². The third-order valence-electron chi connectivity index (χ3n) is 4.62. The molecular weight excluding hydrogens is 336 g/mol. The molecule has 0 bridgehead atoms. The van der Waals surface area contributed by atoms with Crippen LogP contribution in [0.1, 0.15) is 24.5 Å². The number of hydrogen-bond donors (Lipinski definition) is 1. The molecule has 2 aromatic rings. The van der Waals surface area contributed by atoms with Gasteiger partial charge < -0.3 is 10.2 Å². The van der Waals surface area contributed by atoms with E-state index in [0.29, 0.717) is 17.3 Å². The molecule has 2 amide bonds. The second-order valence-electron chi connectivity index (χ2n) is 6.34. The Hall–Kier alpha value is -2.33. The predicted molar refractivity (Wildman–Crippen MR) is 101 cm³/mol. The van der Waals surface area contributed by atoms with Gasteiger partial charge in [-0.3, -0.25) is 9.59 Å². The summed E-state index contributed by atoms with van der Waals surface area (Å²) < 4.78 is 0. The maximum atomic E-state index is 12.6. The van der Waals surface area contributed by atoms with E-state index in [9.17, 15) is 9.59 Å². The lowest BCUT2D eigenvalue weighted by Gasteiger charge is -2.20. The van der Waals surface area contributed by atoms with Crippen LogP contribution in [-0.2, 0) is 16.0 Å². The molecule has 2 aromatic carbocycles. The first kappa shape index (κ1) is 17.5. The number of carbonyl (C=O) groups excluding carboxylic acids is 2. The summed E-state index contributed by atoms with van der Waals surface area (Å²) >= 11 is 6.01. The van der Waals surface area contributed by atoms with Gasteiger partial charge in [-0.2, -0.15) is 0 Å². The van der Waals surface area contributed by atoms with Crippen molar-refractivity contribution in [2.45, 2.75) is 26.7 Å². The van der Waals surface area contributed by atoms with Crippen molar-refractivity contribution in [3.05, 3.63) is 58.6 Å². The number of halogens is 1. The van der Waals surface area contributed by atoms with E-state index in [0.717, 1.165) is 23.2 Å². The van der Waals surface area contributed by atoms with Gasteiger partial charge in [0.25, 0.3) is 0 Å². The minimum atomic E-state index is -0.365. The van der Waals surface area contributed by atoms with Gasteiger partial charge in [0.1, 0.15) is 0 Å². The third-order valence-corrected chi connectivity index (χ3v) is 4.85. The van der Waals surface area contributed by atoms with Gasteiger partial charge in [0, 0.05) is 29.4 Å². The van der Waals surface area contributed by atoms with E-state index in [1.165, 1.54) is 0 Å². The molecule has 130 valence electrons. The maximum absolute atomic E-state index is 12.6. The van der Waals surface area contributed by atoms with Crippen molar-refractivity contribution in [1.29, 1.82) is 0 Å². The Bertz CT molecular complexity index is 819. The Kier molecular flexibility index (Phi) is 5.09. The number of amides is 2. The molecule has 1 N–H and O–H groups in total. The highest BCUT2D eigenvalue weighted by molar-refractivity contribution is 6.31.